The highest BCUT2D eigenvalue weighted by atomic mass is 32.2. The van der Waals surface area contributed by atoms with Crippen LogP contribution in [0.15, 0.2) is 34.1 Å². The van der Waals surface area contributed by atoms with Crippen molar-refractivity contribution in [2.75, 3.05) is 6.54 Å². The zero-order valence-corrected chi connectivity index (χ0v) is 13.7. The maximum absolute atomic E-state index is 12.2. The molecule has 0 saturated heterocycles. The minimum absolute atomic E-state index is 0.321. The molecule has 0 bridgehead atoms. The van der Waals surface area contributed by atoms with E-state index in [9.17, 15) is 8.42 Å². The van der Waals surface area contributed by atoms with Crippen molar-refractivity contribution < 1.29 is 8.42 Å². The van der Waals surface area contributed by atoms with Crippen molar-refractivity contribution in [3.8, 4) is 0 Å². The Morgan fingerprint density at radius 3 is 2.90 bits per heavy atom. The van der Waals surface area contributed by atoms with Crippen LogP contribution in [0, 0.1) is 0 Å². The third-order valence-corrected chi connectivity index (χ3v) is 5.75. The van der Waals surface area contributed by atoms with Crippen LogP contribution in [-0.2, 0) is 23.1 Å². The quantitative estimate of drug-likeness (QED) is 0.768. The first-order chi connectivity index (χ1) is 9.97. The molecule has 116 valence electrons. The molecular formula is C13H20N4O2S2. The lowest BCUT2D eigenvalue weighted by Gasteiger charge is -2.06. The van der Waals surface area contributed by atoms with E-state index in [2.05, 4.69) is 29.0 Å². The van der Waals surface area contributed by atoms with Gasteiger partial charge in [0.15, 0.2) is 0 Å². The van der Waals surface area contributed by atoms with Crippen LogP contribution >= 0.6 is 11.3 Å². The van der Waals surface area contributed by atoms with Gasteiger partial charge in [-0.25, -0.2) is 13.1 Å². The maximum atomic E-state index is 12.2. The zero-order chi connectivity index (χ0) is 15.3. The van der Waals surface area contributed by atoms with E-state index < -0.39 is 10.0 Å². The molecule has 0 fully saturated rings. The Labute approximate surface area is 129 Å². The summed E-state index contributed by atoms with van der Waals surface area (Å²) in [5, 5.41) is 9.17. The van der Waals surface area contributed by atoms with E-state index in [-0.39, 0.29) is 0 Å². The van der Waals surface area contributed by atoms with E-state index in [0.29, 0.717) is 29.9 Å². The van der Waals surface area contributed by atoms with Crippen molar-refractivity contribution in [2.24, 2.45) is 0 Å². The summed E-state index contributed by atoms with van der Waals surface area (Å²) >= 11 is 1.24. The molecule has 2 N–H and O–H groups in total. The molecule has 21 heavy (non-hydrogen) atoms. The topological polar surface area (TPSA) is 76.0 Å². The van der Waals surface area contributed by atoms with E-state index in [1.807, 2.05) is 11.4 Å². The van der Waals surface area contributed by atoms with E-state index in [1.54, 1.807) is 23.1 Å². The van der Waals surface area contributed by atoms with Crippen molar-refractivity contribution in [2.45, 2.75) is 37.2 Å². The van der Waals surface area contributed by atoms with Crippen molar-refractivity contribution in [1.29, 1.82) is 0 Å². The fraction of sp³-hybridized carbons (Fsp3) is 0.462. The SMILES string of the molecule is CC(C)NCc1csc(S(=O)(=O)NCCn2cccn2)c1. The van der Waals surface area contributed by atoms with E-state index in [4.69, 9.17) is 0 Å². The van der Waals surface area contributed by atoms with Crippen molar-refractivity contribution in [3.05, 3.63) is 35.5 Å². The highest BCUT2D eigenvalue weighted by Gasteiger charge is 2.16. The van der Waals surface area contributed by atoms with Gasteiger partial charge in [-0.15, -0.1) is 11.3 Å². The van der Waals surface area contributed by atoms with Gasteiger partial charge in [-0.3, -0.25) is 4.68 Å². The third kappa shape index (κ3) is 4.92. The minimum Gasteiger partial charge on any atom is -0.310 e. The summed E-state index contributed by atoms with van der Waals surface area (Å²) in [4.78, 5) is 0. The Hall–Kier alpha value is -1.22. The lowest BCUT2D eigenvalue weighted by molar-refractivity contribution is 0.562. The molecule has 0 saturated carbocycles. The Kier molecular flexibility index (Phi) is 5.51. The van der Waals surface area contributed by atoms with Crippen LogP contribution in [0.2, 0.25) is 0 Å². The smallest absolute Gasteiger partial charge is 0.250 e. The Balaban J connectivity index is 1.89. The second-order valence-corrected chi connectivity index (χ2v) is 7.88. The first kappa shape index (κ1) is 16.2. The maximum Gasteiger partial charge on any atom is 0.250 e. The number of hydrogen-bond acceptors (Lipinski definition) is 5. The van der Waals surface area contributed by atoms with E-state index >= 15 is 0 Å². The minimum atomic E-state index is -3.43. The van der Waals surface area contributed by atoms with Gasteiger partial charge in [0.2, 0.25) is 10.0 Å². The number of sulfonamides is 1. The summed E-state index contributed by atoms with van der Waals surface area (Å²) < 4.78 is 29.0. The molecule has 2 aromatic rings. The van der Waals surface area contributed by atoms with Gasteiger partial charge in [0.05, 0.1) is 6.54 Å². The van der Waals surface area contributed by atoms with Crippen LogP contribution < -0.4 is 10.0 Å². The average molecular weight is 328 g/mol. The fourth-order valence-electron chi connectivity index (χ4n) is 1.71. The molecule has 0 amide bonds. The van der Waals surface area contributed by atoms with Crippen LogP contribution in [0.4, 0.5) is 0 Å². The first-order valence-corrected chi connectivity index (χ1v) is 9.11. The largest absolute Gasteiger partial charge is 0.310 e. The van der Waals surface area contributed by atoms with Gasteiger partial charge in [-0.05, 0) is 23.1 Å². The number of rotatable bonds is 8. The van der Waals surface area contributed by atoms with Crippen LogP contribution in [0.5, 0.6) is 0 Å². The molecule has 2 aromatic heterocycles. The zero-order valence-electron chi connectivity index (χ0n) is 12.1. The number of thiophene rings is 1. The summed E-state index contributed by atoms with van der Waals surface area (Å²) in [6.07, 6.45) is 3.47. The van der Waals surface area contributed by atoms with Crippen LogP contribution in [0.3, 0.4) is 0 Å². The molecule has 8 heteroatoms. The molecule has 0 unspecified atom stereocenters. The molecule has 0 aliphatic carbocycles. The fourth-order valence-corrected chi connectivity index (χ4v) is 3.98. The lowest BCUT2D eigenvalue weighted by Crippen LogP contribution is -2.27. The highest BCUT2D eigenvalue weighted by Crippen LogP contribution is 2.20. The molecular weight excluding hydrogens is 308 g/mol. The molecule has 2 rings (SSSR count). The Morgan fingerprint density at radius 1 is 1.43 bits per heavy atom. The van der Waals surface area contributed by atoms with Crippen molar-refractivity contribution >= 4 is 21.4 Å². The third-order valence-electron chi connectivity index (χ3n) is 2.80. The molecule has 0 radical (unpaired) electrons. The van der Waals surface area contributed by atoms with Gasteiger partial charge < -0.3 is 5.32 Å². The molecule has 2 heterocycles. The van der Waals surface area contributed by atoms with Gasteiger partial charge in [0.25, 0.3) is 0 Å². The molecule has 0 aliphatic heterocycles. The van der Waals surface area contributed by atoms with Gasteiger partial charge in [-0.1, -0.05) is 13.8 Å². The summed E-state index contributed by atoms with van der Waals surface area (Å²) in [7, 11) is -3.43. The number of aromatic nitrogens is 2. The molecule has 0 atom stereocenters. The van der Waals surface area contributed by atoms with Crippen LogP contribution in [-0.4, -0.2) is 30.8 Å². The van der Waals surface area contributed by atoms with Crippen LogP contribution in [0.1, 0.15) is 19.4 Å². The van der Waals surface area contributed by atoms with E-state index in [0.717, 1.165) is 5.56 Å². The molecule has 0 spiro atoms. The second-order valence-electron chi connectivity index (χ2n) is 4.98. The Bertz CT molecular complexity index is 648. The van der Waals surface area contributed by atoms with Crippen molar-refractivity contribution in [1.82, 2.24) is 19.8 Å². The molecule has 6 nitrogen and oxygen atoms in total. The average Bonchev–Trinajstić information content (AvgIpc) is 3.07. The predicted molar refractivity (Wildman–Crippen MR) is 83.7 cm³/mol. The van der Waals surface area contributed by atoms with Gasteiger partial charge in [0, 0.05) is 31.5 Å². The summed E-state index contributed by atoms with van der Waals surface area (Å²) in [5.41, 5.74) is 0.987. The predicted octanol–water partition coefficient (Wildman–Crippen LogP) is 1.42. The lowest BCUT2D eigenvalue weighted by atomic mass is 10.3. The first-order valence-electron chi connectivity index (χ1n) is 6.75. The summed E-state index contributed by atoms with van der Waals surface area (Å²) in [6, 6.07) is 3.90. The van der Waals surface area contributed by atoms with Gasteiger partial charge >= 0.3 is 0 Å². The monoisotopic (exact) mass is 328 g/mol. The highest BCUT2D eigenvalue weighted by molar-refractivity contribution is 7.91. The number of hydrogen-bond donors (Lipinski definition) is 2. The molecule has 0 aromatic carbocycles. The molecule has 0 aliphatic rings. The standard InChI is InChI=1S/C13H20N4O2S2/c1-11(2)14-9-12-8-13(20-10-12)21(18,19)16-5-7-17-6-3-4-15-17/h3-4,6,8,10-11,14,16H,5,7,9H2,1-2H3. The second kappa shape index (κ2) is 7.17. The van der Waals surface area contributed by atoms with E-state index in [1.165, 1.54) is 11.3 Å². The van der Waals surface area contributed by atoms with Crippen LogP contribution in [0.25, 0.3) is 0 Å². The number of nitrogens with zero attached hydrogens (tertiary/aromatic N) is 2. The Morgan fingerprint density at radius 2 is 2.24 bits per heavy atom. The van der Waals surface area contributed by atoms with Crippen molar-refractivity contribution in [3.63, 3.8) is 0 Å². The number of nitrogens with one attached hydrogen (secondary N) is 2. The van der Waals surface area contributed by atoms with Gasteiger partial charge in [-0.2, -0.15) is 5.10 Å². The summed E-state index contributed by atoms with van der Waals surface area (Å²) in [6.45, 7) is 5.62. The summed E-state index contributed by atoms with van der Waals surface area (Å²) in [5.74, 6) is 0. The normalized spacial score (nSPS) is 12.1. The van der Waals surface area contributed by atoms with Gasteiger partial charge in [0.1, 0.15) is 4.21 Å².